The summed E-state index contributed by atoms with van der Waals surface area (Å²) in [7, 11) is 0. The van der Waals surface area contributed by atoms with Crippen LogP contribution < -0.4 is 4.90 Å². The van der Waals surface area contributed by atoms with Crippen LogP contribution in [0.4, 0.5) is 10.6 Å². The van der Waals surface area contributed by atoms with Crippen LogP contribution in [0.1, 0.15) is 26.5 Å². The summed E-state index contributed by atoms with van der Waals surface area (Å²) in [4.78, 5) is 41.9. The SMILES string of the molecule is [2H]C([2H])([2H])N1CCN(C(=O)O[C@H]2c3nccnc3C(=O)N2c2ccc(Cl)cn2)CC1. The van der Waals surface area contributed by atoms with Gasteiger partial charge in [-0.3, -0.25) is 9.78 Å². The molecule has 1 saturated heterocycles. The Hall–Kier alpha value is -2.78. The van der Waals surface area contributed by atoms with E-state index in [1.54, 1.807) is 6.07 Å². The molecule has 0 N–H and O–H groups in total. The number of hydrogen-bond donors (Lipinski definition) is 0. The van der Waals surface area contributed by atoms with Crippen LogP contribution in [0.3, 0.4) is 0 Å². The summed E-state index contributed by atoms with van der Waals surface area (Å²) in [5, 5.41) is 0.389. The standard InChI is InChI=1S/C17H17ClN6O3/c1-22-6-8-23(9-7-22)17(26)27-16-14-13(19-4-5-20-14)15(25)24(16)12-3-2-11(18)10-21-12/h2-5,10,16H,6-9H2,1H3/t16-/m0/s1/i1D3. The predicted octanol–water partition coefficient (Wildman–Crippen LogP) is 1.57. The summed E-state index contributed by atoms with van der Waals surface area (Å²) < 4.78 is 28.0. The lowest BCUT2D eigenvalue weighted by Gasteiger charge is -2.33. The molecule has 1 atom stereocenters. The van der Waals surface area contributed by atoms with E-state index in [1.807, 2.05) is 0 Å². The smallest absolute Gasteiger partial charge is 0.412 e. The summed E-state index contributed by atoms with van der Waals surface area (Å²) in [6.45, 7) is -1.46. The number of carbonyl (C=O) groups excluding carboxylic acids is 2. The number of hydrogen-bond acceptors (Lipinski definition) is 7. The van der Waals surface area contributed by atoms with Crippen LogP contribution in [0.2, 0.25) is 5.02 Å². The number of rotatable bonds is 2. The highest BCUT2D eigenvalue weighted by Gasteiger charge is 2.44. The van der Waals surface area contributed by atoms with E-state index in [9.17, 15) is 9.59 Å². The molecule has 2 aliphatic heterocycles. The van der Waals surface area contributed by atoms with Crippen molar-refractivity contribution < 1.29 is 18.4 Å². The maximum absolute atomic E-state index is 12.9. The van der Waals surface area contributed by atoms with Crippen molar-refractivity contribution in [3.8, 4) is 0 Å². The molecule has 0 aromatic carbocycles. The van der Waals surface area contributed by atoms with E-state index < -0.39 is 25.2 Å². The number of anilines is 1. The zero-order chi connectivity index (χ0) is 21.5. The number of piperazine rings is 1. The number of amides is 2. The fourth-order valence-corrected chi connectivity index (χ4v) is 3.05. The van der Waals surface area contributed by atoms with Crippen LogP contribution in [0, 0.1) is 0 Å². The van der Waals surface area contributed by atoms with Gasteiger partial charge in [-0.1, -0.05) is 11.6 Å². The van der Waals surface area contributed by atoms with Crippen LogP contribution in [0.15, 0.2) is 30.7 Å². The van der Waals surface area contributed by atoms with Crippen LogP contribution in [-0.4, -0.2) is 69.9 Å². The minimum atomic E-state index is -2.21. The Bertz CT molecular complexity index is 966. The molecule has 10 heteroatoms. The highest BCUT2D eigenvalue weighted by atomic mass is 35.5. The summed E-state index contributed by atoms with van der Waals surface area (Å²) in [5.41, 5.74) is 0.271. The van der Waals surface area contributed by atoms with Gasteiger partial charge in [-0.15, -0.1) is 0 Å². The molecule has 0 unspecified atom stereocenters. The van der Waals surface area contributed by atoms with Crippen molar-refractivity contribution >= 4 is 29.4 Å². The Morgan fingerprint density at radius 2 is 2.00 bits per heavy atom. The van der Waals surface area contributed by atoms with Gasteiger partial charge in [0.05, 0.1) is 5.02 Å². The van der Waals surface area contributed by atoms with Crippen LogP contribution >= 0.6 is 11.6 Å². The van der Waals surface area contributed by atoms with E-state index in [1.165, 1.54) is 39.4 Å². The second-order valence-electron chi connectivity index (χ2n) is 6.01. The number of ether oxygens (including phenoxy) is 1. The Morgan fingerprint density at radius 3 is 2.70 bits per heavy atom. The molecule has 0 bridgehead atoms. The average molecular weight is 392 g/mol. The summed E-state index contributed by atoms with van der Waals surface area (Å²) in [6.07, 6.45) is 2.32. The van der Waals surface area contributed by atoms with Crippen molar-refractivity contribution in [1.82, 2.24) is 24.8 Å². The van der Waals surface area contributed by atoms with Gasteiger partial charge >= 0.3 is 6.09 Å². The Labute approximate surface area is 164 Å². The Kier molecular flexibility index (Phi) is 3.75. The number of fused-ring (bicyclic) bond motifs is 1. The lowest BCUT2D eigenvalue weighted by atomic mass is 10.3. The predicted molar refractivity (Wildman–Crippen MR) is 96.4 cm³/mol. The number of carbonyl (C=O) groups is 2. The zero-order valence-corrected chi connectivity index (χ0v) is 14.8. The van der Waals surface area contributed by atoms with Gasteiger partial charge in [0.15, 0.2) is 5.69 Å². The minimum absolute atomic E-state index is 0.0688. The van der Waals surface area contributed by atoms with Gasteiger partial charge in [0.2, 0.25) is 6.23 Å². The lowest BCUT2D eigenvalue weighted by molar-refractivity contribution is 0.0476. The summed E-state index contributed by atoms with van der Waals surface area (Å²) in [5.74, 6) is -0.271. The van der Waals surface area contributed by atoms with Crippen LogP contribution in [0.5, 0.6) is 0 Å². The first kappa shape index (κ1) is 14.3. The zero-order valence-electron chi connectivity index (χ0n) is 17.1. The molecule has 0 aliphatic carbocycles. The third-order valence-corrected chi connectivity index (χ3v) is 4.55. The maximum atomic E-state index is 12.9. The molecule has 9 nitrogen and oxygen atoms in total. The van der Waals surface area contributed by atoms with E-state index in [0.717, 1.165) is 0 Å². The molecule has 0 saturated carbocycles. The molecule has 0 radical (unpaired) electrons. The largest absolute Gasteiger partial charge is 0.419 e. The normalized spacial score (nSPS) is 22.0. The number of likely N-dealkylation sites (N-methyl/N-ethyl adjacent to an activating group) is 1. The van der Waals surface area contributed by atoms with Gasteiger partial charge in [-0.05, 0) is 19.1 Å². The number of aromatic nitrogens is 3. The summed E-state index contributed by atoms with van der Waals surface area (Å²) >= 11 is 5.88. The third-order valence-electron chi connectivity index (χ3n) is 4.33. The summed E-state index contributed by atoms with van der Waals surface area (Å²) in [6, 6.07) is 3.09. The van der Waals surface area contributed by atoms with E-state index >= 15 is 0 Å². The molecule has 4 heterocycles. The molecule has 140 valence electrons. The fourth-order valence-electron chi connectivity index (χ4n) is 2.94. The van der Waals surface area contributed by atoms with Crippen molar-refractivity contribution in [3.05, 3.63) is 47.1 Å². The highest BCUT2D eigenvalue weighted by Crippen LogP contribution is 2.35. The van der Waals surface area contributed by atoms with Crippen molar-refractivity contribution in [2.45, 2.75) is 6.23 Å². The number of halogens is 1. The minimum Gasteiger partial charge on any atom is -0.419 e. The first-order chi connectivity index (χ1) is 14.3. The highest BCUT2D eigenvalue weighted by molar-refractivity contribution is 6.30. The average Bonchev–Trinajstić information content (AvgIpc) is 3.00. The van der Waals surface area contributed by atoms with Crippen molar-refractivity contribution in [2.24, 2.45) is 0 Å². The maximum Gasteiger partial charge on any atom is 0.412 e. The van der Waals surface area contributed by atoms with Gasteiger partial charge in [0, 0.05) is 48.9 Å². The third kappa shape index (κ3) is 3.31. The van der Waals surface area contributed by atoms with Gasteiger partial charge in [0.1, 0.15) is 11.5 Å². The van der Waals surface area contributed by atoms with Crippen LogP contribution in [-0.2, 0) is 4.74 Å². The number of pyridine rings is 1. The van der Waals surface area contributed by atoms with Gasteiger partial charge in [-0.25, -0.2) is 19.7 Å². The first-order valence-corrected chi connectivity index (χ1v) is 8.60. The second kappa shape index (κ2) is 7.09. The van der Waals surface area contributed by atoms with Crippen molar-refractivity contribution in [3.63, 3.8) is 0 Å². The van der Waals surface area contributed by atoms with E-state index in [2.05, 4.69) is 15.0 Å². The van der Waals surface area contributed by atoms with E-state index in [-0.39, 0.29) is 43.4 Å². The topological polar surface area (TPSA) is 91.8 Å². The Morgan fingerprint density at radius 1 is 1.22 bits per heavy atom. The molecule has 2 amide bonds. The molecule has 27 heavy (non-hydrogen) atoms. The first-order valence-electron chi connectivity index (χ1n) is 9.72. The second-order valence-corrected chi connectivity index (χ2v) is 6.45. The molecule has 4 rings (SSSR count). The Balaban J connectivity index is 1.55. The van der Waals surface area contributed by atoms with Crippen molar-refractivity contribution in [1.29, 1.82) is 0 Å². The molecule has 0 spiro atoms. The monoisotopic (exact) mass is 391 g/mol. The van der Waals surface area contributed by atoms with Gasteiger partial charge < -0.3 is 14.5 Å². The number of nitrogens with zero attached hydrogens (tertiary/aromatic N) is 6. The van der Waals surface area contributed by atoms with E-state index in [0.29, 0.717) is 5.02 Å². The van der Waals surface area contributed by atoms with Crippen molar-refractivity contribution in [2.75, 3.05) is 38.1 Å². The van der Waals surface area contributed by atoms with Crippen LogP contribution in [0.25, 0.3) is 0 Å². The molecule has 2 aromatic heterocycles. The quantitative estimate of drug-likeness (QED) is 0.767. The molecule has 1 fully saturated rings. The van der Waals surface area contributed by atoms with Gasteiger partial charge in [-0.2, -0.15) is 0 Å². The van der Waals surface area contributed by atoms with Gasteiger partial charge in [0.25, 0.3) is 5.91 Å². The molecular weight excluding hydrogens is 372 g/mol. The van der Waals surface area contributed by atoms with E-state index in [4.69, 9.17) is 20.5 Å². The molecule has 2 aromatic rings. The molecular formula is C17H17ClN6O3. The molecule has 2 aliphatic rings. The lowest BCUT2D eigenvalue weighted by Crippen LogP contribution is -2.48. The fraction of sp³-hybridized carbons (Fsp3) is 0.353.